The third-order valence-electron chi connectivity index (χ3n) is 6.13. The Morgan fingerprint density at radius 3 is 1.22 bits per heavy atom. The van der Waals surface area contributed by atoms with Gasteiger partial charge in [0.05, 0.1) is 13.2 Å². The van der Waals surface area contributed by atoms with Crippen molar-refractivity contribution in [3.8, 4) is 22.6 Å². The summed E-state index contributed by atoms with van der Waals surface area (Å²) in [6.45, 7) is 12.3. The van der Waals surface area contributed by atoms with E-state index in [-0.39, 0.29) is 11.6 Å². The van der Waals surface area contributed by atoms with Crippen molar-refractivity contribution in [2.24, 2.45) is 0 Å². The smallest absolute Gasteiger partial charge is 0.157 e. The van der Waals surface area contributed by atoms with Crippen molar-refractivity contribution in [1.82, 2.24) is 0 Å². The highest BCUT2D eigenvalue weighted by molar-refractivity contribution is 5.94. The van der Waals surface area contributed by atoms with E-state index in [0.717, 1.165) is 74.0 Å². The summed E-state index contributed by atoms with van der Waals surface area (Å²) < 4.78 is 11.7. The molecule has 0 radical (unpaired) electrons. The summed E-state index contributed by atoms with van der Waals surface area (Å²) in [6.07, 6.45) is 9.22. The number of hydrogen-bond donors (Lipinski definition) is 0. The van der Waals surface area contributed by atoms with Crippen LogP contribution in [0.2, 0.25) is 0 Å². The molecule has 2 aromatic carbocycles. The fourth-order valence-corrected chi connectivity index (χ4v) is 3.78. The summed E-state index contributed by atoms with van der Waals surface area (Å²) >= 11 is 0. The molecule has 2 rings (SSSR count). The van der Waals surface area contributed by atoms with E-state index < -0.39 is 0 Å². The lowest BCUT2D eigenvalue weighted by Gasteiger charge is -2.09. The Bertz CT molecular complexity index is 889. The Hall–Kier alpha value is -3.14. The van der Waals surface area contributed by atoms with Gasteiger partial charge in [-0.1, -0.05) is 63.1 Å². The molecule has 0 saturated heterocycles. The molecule has 0 heterocycles. The Kier molecular flexibility index (Phi) is 13.3. The quantitative estimate of drug-likeness (QED) is 0.147. The SMILES string of the molecule is C=C(C)C(=O)CCCCCCOc1ccc(-c2ccc(OCCCCCCC(=O)C(=C)C)cc2)cc1. The van der Waals surface area contributed by atoms with E-state index in [0.29, 0.717) is 37.2 Å². The molecular formula is C32H42O4. The first-order valence-electron chi connectivity index (χ1n) is 13.2. The number of allylic oxidation sites excluding steroid dienone is 2. The topological polar surface area (TPSA) is 52.6 Å². The zero-order valence-corrected chi connectivity index (χ0v) is 22.2. The first kappa shape index (κ1) is 29.1. The minimum absolute atomic E-state index is 0.171. The van der Waals surface area contributed by atoms with Gasteiger partial charge in [-0.25, -0.2) is 0 Å². The molecule has 0 unspecified atom stereocenters. The van der Waals surface area contributed by atoms with Crippen LogP contribution in [0.5, 0.6) is 11.5 Å². The Morgan fingerprint density at radius 1 is 0.556 bits per heavy atom. The van der Waals surface area contributed by atoms with Crippen LogP contribution in [0.3, 0.4) is 0 Å². The van der Waals surface area contributed by atoms with Crippen LogP contribution in [-0.4, -0.2) is 24.8 Å². The van der Waals surface area contributed by atoms with Crippen LogP contribution in [0.15, 0.2) is 72.8 Å². The van der Waals surface area contributed by atoms with Crippen LogP contribution < -0.4 is 9.47 Å². The average molecular weight is 491 g/mol. The zero-order chi connectivity index (χ0) is 26.2. The minimum atomic E-state index is 0.171. The van der Waals surface area contributed by atoms with Crippen LogP contribution in [0, 0.1) is 0 Å². The van der Waals surface area contributed by atoms with Gasteiger partial charge in [-0.05, 0) is 86.1 Å². The first-order chi connectivity index (χ1) is 17.4. The van der Waals surface area contributed by atoms with Crippen LogP contribution in [-0.2, 0) is 9.59 Å². The van der Waals surface area contributed by atoms with Crippen molar-refractivity contribution in [3.63, 3.8) is 0 Å². The second-order valence-electron chi connectivity index (χ2n) is 9.48. The highest BCUT2D eigenvalue weighted by Gasteiger charge is 2.04. The van der Waals surface area contributed by atoms with Crippen molar-refractivity contribution >= 4 is 11.6 Å². The number of carbonyl (C=O) groups is 2. The van der Waals surface area contributed by atoms with E-state index in [1.54, 1.807) is 13.8 Å². The minimum Gasteiger partial charge on any atom is -0.494 e. The number of unbranched alkanes of at least 4 members (excludes halogenated alkanes) is 6. The van der Waals surface area contributed by atoms with Crippen LogP contribution >= 0.6 is 0 Å². The first-order valence-corrected chi connectivity index (χ1v) is 13.2. The van der Waals surface area contributed by atoms with Gasteiger partial charge in [0.2, 0.25) is 0 Å². The number of carbonyl (C=O) groups excluding carboxylic acids is 2. The van der Waals surface area contributed by atoms with Crippen molar-refractivity contribution in [1.29, 1.82) is 0 Å². The average Bonchev–Trinajstić information content (AvgIpc) is 2.88. The van der Waals surface area contributed by atoms with Gasteiger partial charge in [0, 0.05) is 12.8 Å². The lowest BCUT2D eigenvalue weighted by Crippen LogP contribution is -1.99. The van der Waals surface area contributed by atoms with Crippen molar-refractivity contribution in [2.75, 3.05) is 13.2 Å². The molecule has 4 nitrogen and oxygen atoms in total. The molecule has 0 aliphatic carbocycles. The van der Waals surface area contributed by atoms with Crippen LogP contribution in [0.4, 0.5) is 0 Å². The molecule has 36 heavy (non-hydrogen) atoms. The van der Waals surface area contributed by atoms with Crippen molar-refractivity contribution < 1.29 is 19.1 Å². The Morgan fingerprint density at radius 2 is 0.889 bits per heavy atom. The standard InChI is InChI=1S/C32H42O4/c1-25(2)31(33)13-9-5-7-11-23-35-29-19-15-27(16-20-29)28-17-21-30(22-18-28)36-24-12-8-6-10-14-32(34)26(3)4/h15-22H,1,3,5-14,23-24H2,2,4H3. The highest BCUT2D eigenvalue weighted by atomic mass is 16.5. The van der Waals surface area contributed by atoms with Gasteiger partial charge in [-0.2, -0.15) is 0 Å². The molecule has 2 aromatic rings. The summed E-state index contributed by atoms with van der Waals surface area (Å²) in [6, 6.07) is 16.3. The number of Topliss-reactive ketones (excluding diaryl/α,β-unsaturated/α-hetero) is 2. The molecule has 0 spiro atoms. The van der Waals surface area contributed by atoms with Gasteiger partial charge in [-0.3, -0.25) is 9.59 Å². The molecule has 0 bridgehead atoms. The molecule has 0 fully saturated rings. The molecule has 0 amide bonds. The molecule has 0 aliphatic rings. The molecule has 4 heteroatoms. The van der Waals surface area contributed by atoms with E-state index in [9.17, 15) is 9.59 Å². The van der Waals surface area contributed by atoms with E-state index in [2.05, 4.69) is 37.4 Å². The monoisotopic (exact) mass is 490 g/mol. The number of hydrogen-bond acceptors (Lipinski definition) is 4. The number of rotatable bonds is 19. The molecule has 194 valence electrons. The third kappa shape index (κ3) is 11.5. The summed E-state index contributed by atoms with van der Waals surface area (Å²) in [5.41, 5.74) is 3.58. The maximum Gasteiger partial charge on any atom is 0.157 e. The lowest BCUT2D eigenvalue weighted by atomic mass is 10.1. The second-order valence-corrected chi connectivity index (χ2v) is 9.48. The third-order valence-corrected chi connectivity index (χ3v) is 6.13. The van der Waals surface area contributed by atoms with Gasteiger partial charge < -0.3 is 9.47 Å². The molecule has 0 aliphatic heterocycles. The lowest BCUT2D eigenvalue weighted by molar-refractivity contribution is -0.116. The fourth-order valence-electron chi connectivity index (χ4n) is 3.78. The summed E-state index contributed by atoms with van der Waals surface area (Å²) in [5, 5.41) is 0. The van der Waals surface area contributed by atoms with E-state index in [1.807, 2.05) is 24.3 Å². The fraction of sp³-hybridized carbons (Fsp3) is 0.438. The second kappa shape index (κ2) is 16.5. The number of benzene rings is 2. The van der Waals surface area contributed by atoms with Gasteiger partial charge in [-0.15, -0.1) is 0 Å². The molecule has 0 N–H and O–H groups in total. The largest absolute Gasteiger partial charge is 0.494 e. The van der Waals surface area contributed by atoms with E-state index in [4.69, 9.17) is 9.47 Å². The van der Waals surface area contributed by atoms with Gasteiger partial charge in [0.15, 0.2) is 11.6 Å². The molecule has 0 aromatic heterocycles. The molecule has 0 atom stereocenters. The predicted octanol–water partition coefficient (Wildman–Crippen LogP) is 8.30. The maximum absolute atomic E-state index is 11.5. The van der Waals surface area contributed by atoms with Crippen molar-refractivity contribution in [2.45, 2.75) is 78.1 Å². The maximum atomic E-state index is 11.5. The Labute approximate surface area is 217 Å². The van der Waals surface area contributed by atoms with Crippen LogP contribution in [0.1, 0.15) is 78.1 Å². The summed E-state index contributed by atoms with van der Waals surface area (Å²) in [7, 11) is 0. The summed E-state index contributed by atoms with van der Waals surface area (Å²) in [4.78, 5) is 23.1. The number of ether oxygens (including phenoxy) is 2. The summed E-state index contributed by atoms with van der Waals surface area (Å²) in [5.74, 6) is 2.09. The van der Waals surface area contributed by atoms with Gasteiger partial charge in [0.25, 0.3) is 0 Å². The Balaban J connectivity index is 1.61. The zero-order valence-electron chi connectivity index (χ0n) is 22.2. The molecular weight excluding hydrogens is 448 g/mol. The van der Waals surface area contributed by atoms with E-state index in [1.165, 1.54) is 0 Å². The van der Waals surface area contributed by atoms with Crippen molar-refractivity contribution in [3.05, 3.63) is 72.8 Å². The highest BCUT2D eigenvalue weighted by Crippen LogP contribution is 2.25. The predicted molar refractivity (Wildman–Crippen MR) is 149 cm³/mol. The van der Waals surface area contributed by atoms with Gasteiger partial charge in [0.1, 0.15) is 11.5 Å². The van der Waals surface area contributed by atoms with Crippen LogP contribution in [0.25, 0.3) is 11.1 Å². The normalized spacial score (nSPS) is 10.6. The number of ketones is 2. The molecule has 0 saturated carbocycles. The van der Waals surface area contributed by atoms with E-state index >= 15 is 0 Å². The van der Waals surface area contributed by atoms with Gasteiger partial charge >= 0.3 is 0 Å².